The van der Waals surface area contributed by atoms with E-state index >= 15 is 0 Å². The van der Waals surface area contributed by atoms with Crippen LogP contribution >= 0.6 is 0 Å². The number of nitrogens with one attached hydrogen (secondary N) is 1. The Morgan fingerprint density at radius 2 is 2.08 bits per heavy atom. The third-order valence-corrected chi connectivity index (χ3v) is 4.57. The van der Waals surface area contributed by atoms with E-state index in [1.165, 1.54) is 0 Å². The maximum atomic E-state index is 13.1. The van der Waals surface area contributed by atoms with Gasteiger partial charge in [-0.15, -0.1) is 0 Å². The van der Waals surface area contributed by atoms with Crippen molar-refractivity contribution in [3.63, 3.8) is 0 Å². The second kappa shape index (κ2) is 7.11. The van der Waals surface area contributed by atoms with Crippen LogP contribution in [0.4, 0.5) is 0 Å². The molecule has 2 aliphatic rings. The summed E-state index contributed by atoms with van der Waals surface area (Å²) >= 11 is 0. The molecule has 0 spiro atoms. The first-order valence-electron chi connectivity index (χ1n) is 8.64. The minimum absolute atomic E-state index is 0.00556. The van der Waals surface area contributed by atoms with Gasteiger partial charge in [0, 0.05) is 44.0 Å². The Kier molecular flexibility index (Phi) is 4.52. The summed E-state index contributed by atoms with van der Waals surface area (Å²) in [5.41, 5.74) is 1.66. The predicted molar refractivity (Wildman–Crippen MR) is 92.9 cm³/mol. The van der Waals surface area contributed by atoms with Crippen LogP contribution in [0.15, 0.2) is 42.7 Å². The van der Waals surface area contributed by atoms with Crippen LogP contribution in [0.25, 0.3) is 0 Å². The fraction of sp³-hybridized carbons (Fsp3) is 0.368. The smallest absolute Gasteiger partial charge is 0.254 e. The number of carbonyl (C=O) groups excluding carboxylic acids is 1. The van der Waals surface area contributed by atoms with Gasteiger partial charge in [0.15, 0.2) is 11.5 Å². The Balaban J connectivity index is 1.61. The topological polar surface area (TPSA) is 63.7 Å². The van der Waals surface area contributed by atoms with E-state index < -0.39 is 0 Å². The van der Waals surface area contributed by atoms with E-state index in [1.807, 2.05) is 35.4 Å². The second-order valence-electron chi connectivity index (χ2n) is 6.22. The molecule has 0 saturated carbocycles. The van der Waals surface area contributed by atoms with Gasteiger partial charge in [0.1, 0.15) is 0 Å². The molecule has 6 heteroatoms. The number of aromatic nitrogens is 1. The SMILES string of the molecule is O=C(c1ccc2c(c1)OCCCO2)N1CCNCC1c1cccnc1. The van der Waals surface area contributed by atoms with Gasteiger partial charge in [-0.3, -0.25) is 9.78 Å². The quantitative estimate of drug-likeness (QED) is 0.907. The van der Waals surface area contributed by atoms with Gasteiger partial charge in [-0.05, 0) is 29.8 Å². The molecule has 2 aliphatic heterocycles. The van der Waals surface area contributed by atoms with Gasteiger partial charge in [0.2, 0.25) is 0 Å². The Hall–Kier alpha value is -2.60. The van der Waals surface area contributed by atoms with E-state index in [2.05, 4.69) is 10.3 Å². The van der Waals surface area contributed by atoms with Crippen LogP contribution in [0.2, 0.25) is 0 Å². The molecule has 0 aliphatic carbocycles. The van der Waals surface area contributed by atoms with Crippen molar-refractivity contribution in [2.45, 2.75) is 12.5 Å². The first kappa shape index (κ1) is 15.9. The van der Waals surface area contributed by atoms with Gasteiger partial charge >= 0.3 is 0 Å². The maximum absolute atomic E-state index is 13.1. The molecular formula is C19H21N3O3. The molecule has 1 aromatic carbocycles. The van der Waals surface area contributed by atoms with Crippen LogP contribution in [0.5, 0.6) is 11.5 Å². The fourth-order valence-electron chi connectivity index (χ4n) is 3.28. The van der Waals surface area contributed by atoms with Crippen molar-refractivity contribution in [3.05, 3.63) is 53.9 Å². The van der Waals surface area contributed by atoms with Crippen LogP contribution in [0.3, 0.4) is 0 Å². The van der Waals surface area contributed by atoms with Gasteiger partial charge in [-0.25, -0.2) is 0 Å². The van der Waals surface area contributed by atoms with Crippen molar-refractivity contribution >= 4 is 5.91 Å². The highest BCUT2D eigenvalue weighted by Crippen LogP contribution is 2.32. The number of hydrogen-bond acceptors (Lipinski definition) is 5. The van der Waals surface area contributed by atoms with E-state index in [0.717, 1.165) is 25.1 Å². The van der Waals surface area contributed by atoms with Crippen LogP contribution in [-0.2, 0) is 0 Å². The molecule has 130 valence electrons. The number of carbonyl (C=O) groups is 1. The lowest BCUT2D eigenvalue weighted by molar-refractivity contribution is 0.0633. The largest absolute Gasteiger partial charge is 0.490 e. The zero-order chi connectivity index (χ0) is 17.1. The molecule has 1 amide bonds. The molecule has 4 rings (SSSR count). The first-order valence-corrected chi connectivity index (χ1v) is 8.64. The zero-order valence-electron chi connectivity index (χ0n) is 14.0. The summed E-state index contributed by atoms with van der Waals surface area (Å²) in [6.07, 6.45) is 4.42. The number of pyridine rings is 1. The summed E-state index contributed by atoms with van der Waals surface area (Å²) in [7, 11) is 0. The van der Waals surface area contributed by atoms with E-state index in [9.17, 15) is 4.79 Å². The Labute approximate surface area is 146 Å². The maximum Gasteiger partial charge on any atom is 0.254 e. The summed E-state index contributed by atoms with van der Waals surface area (Å²) in [5.74, 6) is 1.36. The van der Waals surface area contributed by atoms with Crippen LogP contribution in [-0.4, -0.2) is 48.6 Å². The highest BCUT2D eigenvalue weighted by Gasteiger charge is 2.29. The van der Waals surface area contributed by atoms with Crippen LogP contribution < -0.4 is 14.8 Å². The highest BCUT2D eigenvalue weighted by atomic mass is 16.5. The van der Waals surface area contributed by atoms with Gasteiger partial charge in [-0.2, -0.15) is 0 Å². The Morgan fingerprint density at radius 1 is 1.20 bits per heavy atom. The molecule has 1 atom stereocenters. The number of rotatable bonds is 2. The molecule has 1 aromatic heterocycles. The van der Waals surface area contributed by atoms with Gasteiger partial charge in [0.25, 0.3) is 5.91 Å². The third kappa shape index (κ3) is 3.30. The molecule has 1 unspecified atom stereocenters. The lowest BCUT2D eigenvalue weighted by Crippen LogP contribution is -2.48. The number of piperazine rings is 1. The predicted octanol–water partition coefficient (Wildman–Crippen LogP) is 2.03. The first-order chi connectivity index (χ1) is 12.3. The molecule has 1 N–H and O–H groups in total. The fourth-order valence-corrected chi connectivity index (χ4v) is 3.28. The van der Waals surface area contributed by atoms with Crippen molar-refractivity contribution in [1.82, 2.24) is 15.2 Å². The van der Waals surface area contributed by atoms with Crippen molar-refractivity contribution in [2.24, 2.45) is 0 Å². The van der Waals surface area contributed by atoms with Crippen molar-refractivity contribution < 1.29 is 14.3 Å². The number of hydrogen-bond donors (Lipinski definition) is 1. The van der Waals surface area contributed by atoms with E-state index in [0.29, 0.717) is 36.8 Å². The average Bonchev–Trinajstić information content (AvgIpc) is 2.93. The third-order valence-electron chi connectivity index (χ3n) is 4.57. The minimum atomic E-state index is -0.0223. The molecule has 3 heterocycles. The average molecular weight is 339 g/mol. The Bertz CT molecular complexity index is 751. The summed E-state index contributed by atoms with van der Waals surface area (Å²) in [6.45, 7) is 3.42. The van der Waals surface area contributed by atoms with Crippen molar-refractivity contribution in [1.29, 1.82) is 0 Å². The number of benzene rings is 1. The molecule has 0 bridgehead atoms. The molecule has 1 fully saturated rings. The van der Waals surface area contributed by atoms with E-state index in [4.69, 9.17) is 9.47 Å². The number of fused-ring (bicyclic) bond motifs is 1. The molecule has 0 radical (unpaired) electrons. The summed E-state index contributed by atoms with van der Waals surface area (Å²) < 4.78 is 11.4. The molecule has 1 saturated heterocycles. The molecular weight excluding hydrogens is 318 g/mol. The standard InChI is InChI=1S/C19H21N3O3/c23-19(14-4-5-17-18(11-14)25-10-2-9-24-17)22-8-7-21-13-16(22)15-3-1-6-20-12-15/h1,3-6,11-12,16,21H,2,7-10,13H2. The highest BCUT2D eigenvalue weighted by molar-refractivity contribution is 5.95. The lowest BCUT2D eigenvalue weighted by atomic mass is 10.0. The van der Waals surface area contributed by atoms with Gasteiger partial charge < -0.3 is 19.7 Å². The van der Waals surface area contributed by atoms with Crippen molar-refractivity contribution in [3.8, 4) is 11.5 Å². The zero-order valence-corrected chi connectivity index (χ0v) is 14.0. The monoisotopic (exact) mass is 339 g/mol. The van der Waals surface area contributed by atoms with E-state index in [-0.39, 0.29) is 11.9 Å². The number of nitrogens with zero attached hydrogens (tertiary/aromatic N) is 2. The van der Waals surface area contributed by atoms with Crippen LogP contribution in [0, 0.1) is 0 Å². The molecule has 2 aromatic rings. The van der Waals surface area contributed by atoms with E-state index in [1.54, 1.807) is 12.3 Å². The number of amides is 1. The lowest BCUT2D eigenvalue weighted by Gasteiger charge is -2.36. The summed E-state index contributed by atoms with van der Waals surface area (Å²) in [6, 6.07) is 9.34. The second-order valence-corrected chi connectivity index (χ2v) is 6.22. The number of ether oxygens (including phenoxy) is 2. The molecule has 25 heavy (non-hydrogen) atoms. The Morgan fingerprint density at radius 3 is 2.92 bits per heavy atom. The summed E-state index contributed by atoms with van der Waals surface area (Å²) in [5, 5.41) is 3.36. The van der Waals surface area contributed by atoms with Gasteiger partial charge in [0.05, 0.1) is 19.3 Å². The van der Waals surface area contributed by atoms with Crippen LogP contribution in [0.1, 0.15) is 28.4 Å². The minimum Gasteiger partial charge on any atom is -0.490 e. The van der Waals surface area contributed by atoms with Gasteiger partial charge in [-0.1, -0.05) is 6.07 Å². The van der Waals surface area contributed by atoms with Crippen molar-refractivity contribution in [2.75, 3.05) is 32.8 Å². The molecule has 6 nitrogen and oxygen atoms in total. The summed E-state index contributed by atoms with van der Waals surface area (Å²) in [4.78, 5) is 19.2. The normalized spacial score (nSPS) is 20.0.